The molecule has 0 saturated heterocycles. The predicted octanol–water partition coefficient (Wildman–Crippen LogP) is -1.18. The molecule has 1 aliphatic carbocycles. The summed E-state index contributed by atoms with van der Waals surface area (Å²) in [6.45, 7) is 0. The average Bonchev–Trinajstić information content (AvgIpc) is 2.92. The Labute approximate surface area is 265 Å². The maximum Gasteiger partial charge on any atom is 1.00 e. The first-order valence-corrected chi connectivity index (χ1v) is 11.4. The minimum atomic E-state index is -1.31. The van der Waals surface area contributed by atoms with Crippen LogP contribution in [0.15, 0.2) is 127 Å². The molecule has 0 fully saturated rings. The van der Waals surface area contributed by atoms with E-state index < -0.39 is 5.97 Å². The zero-order valence-corrected chi connectivity index (χ0v) is 25.2. The first kappa shape index (κ1) is 29.6. The van der Waals surface area contributed by atoms with Crippen molar-refractivity contribution < 1.29 is 78.9 Å². The van der Waals surface area contributed by atoms with Crippen LogP contribution in [0.25, 0.3) is 22.3 Å². The van der Waals surface area contributed by atoms with Crippen LogP contribution in [-0.2, 0) is 4.79 Å². The summed E-state index contributed by atoms with van der Waals surface area (Å²) in [6.07, 6.45) is 4.94. The van der Waals surface area contributed by atoms with Gasteiger partial charge < -0.3 is 15.0 Å². The zero-order chi connectivity index (χ0) is 25.1. The van der Waals surface area contributed by atoms with Crippen molar-refractivity contribution in [3.8, 4) is 16.9 Å². The largest absolute Gasteiger partial charge is 1.00 e. The third-order valence-corrected chi connectivity index (χ3v) is 6.12. The van der Waals surface area contributed by atoms with E-state index in [1.807, 2.05) is 60.7 Å². The molecule has 0 N–H and O–H groups in total. The maximum atomic E-state index is 12.8. The van der Waals surface area contributed by atoms with Crippen LogP contribution >= 0.6 is 0 Å². The van der Waals surface area contributed by atoms with Crippen LogP contribution in [0, 0.1) is 0 Å². The predicted molar refractivity (Wildman–Crippen MR) is 137 cm³/mol. The molecule has 0 aliphatic heterocycles. The minimum absolute atomic E-state index is 0. The molecule has 0 amide bonds. The van der Waals surface area contributed by atoms with Crippen molar-refractivity contribution in [2.45, 2.75) is 0 Å². The molecule has 0 spiro atoms. The quantitative estimate of drug-likeness (QED) is 0.315. The topological polar surface area (TPSA) is 80.3 Å². The van der Waals surface area contributed by atoms with Gasteiger partial charge in [0.15, 0.2) is 5.78 Å². The van der Waals surface area contributed by atoms with Gasteiger partial charge >= 0.3 is 59.1 Å². The summed E-state index contributed by atoms with van der Waals surface area (Å²) >= 11 is 0. The number of carboxylic acids is 1. The third-order valence-electron chi connectivity index (χ3n) is 6.12. The van der Waals surface area contributed by atoms with E-state index >= 15 is 0 Å². The Balaban J connectivity index is 0.00000200. The Morgan fingerprint density at radius 2 is 1.24 bits per heavy atom. The number of hydrogen-bond donors (Lipinski definition) is 0. The number of benzene rings is 4. The van der Waals surface area contributed by atoms with Gasteiger partial charge in [0, 0.05) is 11.1 Å². The summed E-state index contributed by atoms with van der Waals surface area (Å²) < 4.78 is 0. The van der Waals surface area contributed by atoms with Gasteiger partial charge in [-0.05, 0) is 57.2 Å². The van der Waals surface area contributed by atoms with Gasteiger partial charge in [-0.1, -0.05) is 103 Å². The van der Waals surface area contributed by atoms with Crippen molar-refractivity contribution in [1.29, 1.82) is 0 Å². The number of allylic oxidation sites excluding steroid dienone is 5. The van der Waals surface area contributed by atoms with Gasteiger partial charge in [-0.2, -0.15) is 0 Å². The van der Waals surface area contributed by atoms with Crippen LogP contribution in [0.2, 0.25) is 0 Å². The normalized spacial score (nSPS) is 13.6. The minimum Gasteiger partial charge on any atom is -0.872 e. The van der Waals surface area contributed by atoms with Gasteiger partial charge in [0.25, 0.3) is 0 Å². The maximum absolute atomic E-state index is 12.8. The van der Waals surface area contributed by atoms with E-state index in [0.29, 0.717) is 33.4 Å². The molecule has 174 valence electrons. The number of hydrogen-bond acceptors (Lipinski definition) is 4. The number of aromatic carboxylic acids is 1. The summed E-state index contributed by atoms with van der Waals surface area (Å²) in [6, 6.07) is 30.1. The van der Waals surface area contributed by atoms with Gasteiger partial charge in [-0.25, -0.2) is 0 Å². The van der Waals surface area contributed by atoms with E-state index in [1.165, 1.54) is 18.2 Å². The summed E-state index contributed by atoms with van der Waals surface area (Å²) in [4.78, 5) is 24.8. The molecule has 0 bridgehead atoms. The fourth-order valence-corrected chi connectivity index (χ4v) is 4.41. The molecule has 4 nitrogen and oxygen atoms in total. The molecular formula is C32H20Na2O4. The summed E-state index contributed by atoms with van der Waals surface area (Å²) in [5.41, 5.74) is 4.87. The van der Waals surface area contributed by atoms with Gasteiger partial charge in [0.1, 0.15) is 0 Å². The van der Waals surface area contributed by atoms with Crippen LogP contribution in [0.4, 0.5) is 0 Å². The van der Waals surface area contributed by atoms with E-state index in [0.717, 1.165) is 11.1 Å². The van der Waals surface area contributed by atoms with Crippen LogP contribution in [0.5, 0.6) is 5.75 Å². The molecule has 0 heterocycles. The molecule has 0 radical (unpaired) electrons. The van der Waals surface area contributed by atoms with Gasteiger partial charge in [0.2, 0.25) is 0 Å². The Morgan fingerprint density at radius 3 is 1.87 bits per heavy atom. The van der Waals surface area contributed by atoms with Gasteiger partial charge in [0.05, 0.1) is 5.97 Å². The third kappa shape index (κ3) is 6.19. The van der Waals surface area contributed by atoms with Crippen molar-refractivity contribution >= 4 is 22.9 Å². The standard InChI is InChI=1S/C32H22O4.2Na/c33-29-17-15-23(19-27(29)21-9-3-1-4-10-21)31(25-13-7-8-14-26(25)32(35)36)24-16-18-30(34)28(20-24)22-11-5-2-6-12-22;;/h1-20,33H,(H,35,36);;/q;2*+1/p-2/b31-24-;;. The zero-order valence-electron chi connectivity index (χ0n) is 21.2. The second-order valence-corrected chi connectivity index (χ2v) is 8.36. The number of carbonyl (C=O) groups is 2. The molecule has 0 unspecified atom stereocenters. The van der Waals surface area contributed by atoms with Crippen molar-refractivity contribution in [2.75, 3.05) is 0 Å². The first-order valence-electron chi connectivity index (χ1n) is 11.4. The van der Waals surface area contributed by atoms with E-state index in [9.17, 15) is 19.8 Å². The van der Waals surface area contributed by atoms with E-state index in [4.69, 9.17) is 0 Å². The van der Waals surface area contributed by atoms with Gasteiger partial charge in [-0.3, -0.25) is 4.79 Å². The molecule has 0 saturated carbocycles. The molecule has 4 aromatic rings. The van der Waals surface area contributed by atoms with Gasteiger partial charge in [-0.15, -0.1) is 5.75 Å². The first-order chi connectivity index (χ1) is 17.5. The second kappa shape index (κ2) is 13.2. The number of rotatable bonds is 5. The Bertz CT molecular complexity index is 1570. The fraction of sp³-hybridized carbons (Fsp3) is 0. The average molecular weight is 514 g/mol. The molecule has 6 heteroatoms. The fourth-order valence-electron chi connectivity index (χ4n) is 4.41. The Morgan fingerprint density at radius 1 is 0.658 bits per heavy atom. The smallest absolute Gasteiger partial charge is 0.872 e. The molecule has 1 aliphatic rings. The molecule has 0 aromatic heterocycles. The number of carbonyl (C=O) groups excluding carboxylic acids is 2. The summed E-state index contributed by atoms with van der Waals surface area (Å²) in [5.74, 6) is -1.59. The number of carboxylic acid groups (broad SMARTS) is 1. The molecule has 38 heavy (non-hydrogen) atoms. The molecule has 0 atom stereocenters. The number of ketones is 1. The van der Waals surface area contributed by atoms with Crippen LogP contribution < -0.4 is 69.3 Å². The second-order valence-electron chi connectivity index (χ2n) is 8.36. The SMILES string of the molecule is O=C1C=C/C(=C(\c2ccc([O-])c(-c3ccccc3)c2)c2ccccc2C(=O)[O-])C=C1c1ccccc1.[Na+].[Na+]. The van der Waals surface area contributed by atoms with E-state index in [-0.39, 0.29) is 76.2 Å². The monoisotopic (exact) mass is 514 g/mol. The molecule has 4 aromatic carbocycles. The Hall–Kier alpha value is -2.96. The Kier molecular flexibility index (Phi) is 10.3. The van der Waals surface area contributed by atoms with Crippen molar-refractivity contribution in [1.82, 2.24) is 0 Å². The van der Waals surface area contributed by atoms with E-state index in [2.05, 4.69) is 0 Å². The van der Waals surface area contributed by atoms with Crippen LogP contribution in [0.1, 0.15) is 27.0 Å². The van der Waals surface area contributed by atoms with Crippen molar-refractivity contribution in [3.63, 3.8) is 0 Å². The molecule has 5 rings (SSSR count). The van der Waals surface area contributed by atoms with Crippen molar-refractivity contribution in [2.24, 2.45) is 0 Å². The van der Waals surface area contributed by atoms with E-state index in [1.54, 1.807) is 42.5 Å². The summed E-state index contributed by atoms with van der Waals surface area (Å²) in [7, 11) is 0. The molecular weight excluding hydrogens is 494 g/mol. The van der Waals surface area contributed by atoms with Crippen LogP contribution in [0.3, 0.4) is 0 Å². The summed E-state index contributed by atoms with van der Waals surface area (Å²) in [5, 5.41) is 24.8. The van der Waals surface area contributed by atoms with Crippen LogP contribution in [-0.4, -0.2) is 11.8 Å². The van der Waals surface area contributed by atoms with Crippen molar-refractivity contribution in [3.05, 3.63) is 149 Å².